The number of nitrogens with one attached hydrogen (secondary N) is 1. The van der Waals surface area contributed by atoms with E-state index in [4.69, 9.17) is 4.74 Å². The second kappa shape index (κ2) is 7.79. The molecule has 1 saturated heterocycles. The van der Waals surface area contributed by atoms with Crippen molar-refractivity contribution >= 4 is 15.9 Å². The Labute approximate surface area is 137 Å². The Morgan fingerprint density at radius 3 is 2.65 bits per heavy atom. The minimum absolute atomic E-state index is 0.0678. The summed E-state index contributed by atoms with van der Waals surface area (Å²) in [6.45, 7) is 3.33. The summed E-state index contributed by atoms with van der Waals surface area (Å²) in [5, 5.41) is 2.66. The number of rotatable bonds is 6. The van der Waals surface area contributed by atoms with Crippen LogP contribution in [0.4, 0.5) is 0 Å². The molecule has 1 N–H and O–H groups in total. The van der Waals surface area contributed by atoms with E-state index >= 15 is 0 Å². The Kier molecular flexibility index (Phi) is 6.01. The summed E-state index contributed by atoms with van der Waals surface area (Å²) >= 11 is 0. The van der Waals surface area contributed by atoms with E-state index in [1.807, 2.05) is 0 Å². The molecule has 0 aliphatic carbocycles. The van der Waals surface area contributed by atoms with Crippen molar-refractivity contribution < 1.29 is 17.9 Å². The lowest BCUT2D eigenvalue weighted by molar-refractivity contribution is 0.0956. The smallest absolute Gasteiger partial charge is 0.251 e. The molecular formula is C16H24N2O4S. The van der Waals surface area contributed by atoms with Gasteiger partial charge in [0, 0.05) is 25.2 Å². The molecule has 1 heterocycles. The van der Waals surface area contributed by atoms with Crippen LogP contribution in [0.2, 0.25) is 0 Å². The van der Waals surface area contributed by atoms with E-state index in [2.05, 4.69) is 12.2 Å². The molecule has 0 radical (unpaired) electrons. The van der Waals surface area contributed by atoms with Gasteiger partial charge < -0.3 is 10.1 Å². The number of methoxy groups -OCH3 is 1. The summed E-state index contributed by atoms with van der Waals surface area (Å²) in [6, 6.07) is 6.69. The molecule has 1 atom stereocenters. The molecule has 1 aliphatic heterocycles. The normalized spacial score (nSPS) is 19.3. The van der Waals surface area contributed by atoms with Crippen molar-refractivity contribution in [1.82, 2.24) is 9.62 Å². The van der Waals surface area contributed by atoms with Gasteiger partial charge in [-0.2, -0.15) is 0 Å². The predicted molar refractivity (Wildman–Crippen MR) is 89.1 cm³/mol. The molecule has 0 spiro atoms. The fourth-order valence-electron chi connectivity index (χ4n) is 2.67. The van der Waals surface area contributed by atoms with Gasteiger partial charge >= 0.3 is 0 Å². The highest BCUT2D eigenvalue weighted by Gasteiger charge is 2.26. The first-order valence-corrected chi connectivity index (χ1v) is 9.43. The monoisotopic (exact) mass is 340 g/mol. The van der Waals surface area contributed by atoms with Crippen molar-refractivity contribution in [1.29, 1.82) is 0 Å². The third-order valence-corrected chi connectivity index (χ3v) is 5.85. The molecule has 1 fully saturated rings. The largest absolute Gasteiger partial charge is 0.497 e. The van der Waals surface area contributed by atoms with E-state index in [-0.39, 0.29) is 18.2 Å². The van der Waals surface area contributed by atoms with Crippen LogP contribution in [0.25, 0.3) is 0 Å². The molecule has 2 rings (SSSR count). The lowest BCUT2D eigenvalue weighted by atomic mass is 10.0. The number of amides is 1. The molecular weight excluding hydrogens is 316 g/mol. The molecule has 6 nitrogen and oxygen atoms in total. The standard InChI is InChI=1S/C16H24N2O4S/c1-13-4-3-10-18(12-13)23(20,21)11-9-17-16(19)14-5-7-15(22-2)8-6-14/h5-8,13H,3-4,9-12H2,1-2H3,(H,17,19)/t13-/m1/s1. The Bertz CT molecular complexity index is 628. The van der Waals surface area contributed by atoms with Gasteiger partial charge in [0.1, 0.15) is 5.75 Å². The molecule has 128 valence electrons. The topological polar surface area (TPSA) is 75.7 Å². The Morgan fingerprint density at radius 1 is 1.35 bits per heavy atom. The minimum Gasteiger partial charge on any atom is -0.497 e. The number of benzene rings is 1. The van der Waals surface area contributed by atoms with Crippen molar-refractivity contribution in [3.63, 3.8) is 0 Å². The Hall–Kier alpha value is -1.60. The van der Waals surface area contributed by atoms with Gasteiger partial charge in [-0.15, -0.1) is 0 Å². The Morgan fingerprint density at radius 2 is 2.04 bits per heavy atom. The zero-order valence-electron chi connectivity index (χ0n) is 13.6. The average molecular weight is 340 g/mol. The molecule has 0 saturated carbocycles. The van der Waals surface area contributed by atoms with E-state index in [0.717, 1.165) is 12.8 Å². The molecule has 0 unspecified atom stereocenters. The number of carbonyl (C=O) groups is 1. The maximum atomic E-state index is 12.3. The van der Waals surface area contributed by atoms with E-state index in [1.54, 1.807) is 35.7 Å². The van der Waals surface area contributed by atoms with Crippen LogP contribution in [0.1, 0.15) is 30.1 Å². The average Bonchev–Trinajstić information content (AvgIpc) is 2.54. The second-order valence-electron chi connectivity index (χ2n) is 5.91. The van der Waals surface area contributed by atoms with Gasteiger partial charge in [-0.05, 0) is 43.0 Å². The molecule has 1 aromatic rings. The van der Waals surface area contributed by atoms with Crippen LogP contribution in [0.3, 0.4) is 0 Å². The third kappa shape index (κ3) is 4.94. The van der Waals surface area contributed by atoms with Crippen molar-refractivity contribution in [3.8, 4) is 5.75 Å². The van der Waals surface area contributed by atoms with Gasteiger partial charge in [0.05, 0.1) is 12.9 Å². The maximum absolute atomic E-state index is 12.3. The molecule has 0 aromatic heterocycles. The van der Waals surface area contributed by atoms with Crippen molar-refractivity contribution in [3.05, 3.63) is 29.8 Å². The highest BCUT2D eigenvalue weighted by atomic mass is 32.2. The first-order chi connectivity index (χ1) is 10.9. The van der Waals surface area contributed by atoms with Crippen LogP contribution in [-0.2, 0) is 10.0 Å². The van der Waals surface area contributed by atoms with E-state index < -0.39 is 10.0 Å². The van der Waals surface area contributed by atoms with E-state index in [1.165, 1.54) is 0 Å². The molecule has 23 heavy (non-hydrogen) atoms. The van der Waals surface area contributed by atoms with Gasteiger partial charge in [-0.1, -0.05) is 6.92 Å². The minimum atomic E-state index is -3.31. The summed E-state index contributed by atoms with van der Waals surface area (Å²) in [7, 11) is -1.75. The number of hydrogen-bond donors (Lipinski definition) is 1. The maximum Gasteiger partial charge on any atom is 0.251 e. The van der Waals surface area contributed by atoms with Crippen LogP contribution in [-0.4, -0.2) is 51.1 Å². The van der Waals surface area contributed by atoms with Crippen LogP contribution in [0.5, 0.6) is 5.75 Å². The van der Waals surface area contributed by atoms with E-state index in [9.17, 15) is 13.2 Å². The quantitative estimate of drug-likeness (QED) is 0.851. The SMILES string of the molecule is COc1ccc(C(=O)NCCS(=O)(=O)N2CCC[C@@H](C)C2)cc1. The summed E-state index contributed by atoms with van der Waals surface area (Å²) in [5.74, 6) is 0.715. The van der Waals surface area contributed by atoms with Crippen molar-refractivity contribution in [2.24, 2.45) is 5.92 Å². The zero-order chi connectivity index (χ0) is 16.9. The highest BCUT2D eigenvalue weighted by molar-refractivity contribution is 7.89. The van der Waals surface area contributed by atoms with Crippen LogP contribution >= 0.6 is 0 Å². The summed E-state index contributed by atoms with van der Waals surface area (Å²) in [4.78, 5) is 12.0. The number of sulfonamides is 1. The number of nitrogens with zero attached hydrogens (tertiary/aromatic N) is 1. The number of piperidine rings is 1. The molecule has 1 aliphatic rings. The lowest BCUT2D eigenvalue weighted by Gasteiger charge is -2.30. The number of carbonyl (C=O) groups excluding carboxylic acids is 1. The highest BCUT2D eigenvalue weighted by Crippen LogP contribution is 2.18. The third-order valence-electron chi connectivity index (χ3n) is 4.01. The number of ether oxygens (including phenoxy) is 1. The fourth-order valence-corrected chi connectivity index (χ4v) is 4.17. The Balaban J connectivity index is 1.84. The van der Waals surface area contributed by atoms with Crippen LogP contribution < -0.4 is 10.1 Å². The summed E-state index contributed by atoms with van der Waals surface area (Å²) in [5.41, 5.74) is 0.481. The molecule has 1 amide bonds. The van der Waals surface area contributed by atoms with Crippen molar-refractivity contribution in [2.45, 2.75) is 19.8 Å². The van der Waals surface area contributed by atoms with E-state index in [0.29, 0.717) is 30.3 Å². The first kappa shape index (κ1) is 17.7. The van der Waals surface area contributed by atoms with Gasteiger partial charge in [0.2, 0.25) is 10.0 Å². The molecule has 1 aromatic carbocycles. The van der Waals surface area contributed by atoms with Gasteiger partial charge in [0.15, 0.2) is 0 Å². The molecule has 0 bridgehead atoms. The second-order valence-corrected chi connectivity index (χ2v) is 7.99. The van der Waals surface area contributed by atoms with Crippen molar-refractivity contribution in [2.75, 3.05) is 32.5 Å². The predicted octanol–water partition coefficient (Wildman–Crippen LogP) is 1.49. The van der Waals surface area contributed by atoms with Crippen LogP contribution in [0, 0.1) is 5.92 Å². The number of hydrogen-bond acceptors (Lipinski definition) is 4. The van der Waals surface area contributed by atoms with Crippen LogP contribution in [0.15, 0.2) is 24.3 Å². The summed E-state index contributed by atoms with van der Waals surface area (Å²) in [6.07, 6.45) is 1.97. The van der Waals surface area contributed by atoms with Gasteiger partial charge in [-0.25, -0.2) is 12.7 Å². The molecule has 7 heteroatoms. The fraction of sp³-hybridized carbons (Fsp3) is 0.562. The summed E-state index contributed by atoms with van der Waals surface area (Å²) < 4.78 is 31.2. The van der Waals surface area contributed by atoms with Gasteiger partial charge in [0.25, 0.3) is 5.91 Å². The van der Waals surface area contributed by atoms with Gasteiger partial charge in [-0.3, -0.25) is 4.79 Å². The lowest BCUT2D eigenvalue weighted by Crippen LogP contribution is -2.42. The first-order valence-electron chi connectivity index (χ1n) is 7.82. The zero-order valence-corrected chi connectivity index (χ0v) is 14.4.